The van der Waals surface area contributed by atoms with Crippen molar-refractivity contribution in [2.24, 2.45) is 0 Å². The van der Waals surface area contributed by atoms with E-state index in [1.165, 1.54) is 22.2 Å². The molecule has 0 saturated heterocycles. The van der Waals surface area contributed by atoms with E-state index < -0.39 is 9.84 Å². The van der Waals surface area contributed by atoms with Gasteiger partial charge in [0, 0.05) is 23.1 Å². The summed E-state index contributed by atoms with van der Waals surface area (Å²) in [6, 6.07) is 4.10. The van der Waals surface area contributed by atoms with E-state index >= 15 is 0 Å². The maximum Gasteiger partial charge on any atom is 0.180 e. The molecule has 0 amide bonds. The Bertz CT molecular complexity index is 723. The third-order valence-corrected chi connectivity index (χ3v) is 4.88. The number of thiophene rings is 1. The molecule has 0 spiro atoms. The van der Waals surface area contributed by atoms with Crippen molar-refractivity contribution in [1.29, 1.82) is 0 Å². The summed E-state index contributed by atoms with van der Waals surface area (Å²) in [7, 11) is -1.51. The molecule has 2 rings (SSSR count). The molecule has 0 bridgehead atoms. The molecule has 0 aliphatic heterocycles. The first-order valence-electron chi connectivity index (χ1n) is 6.07. The molecular formula is C13H17N3O2S2. The molecule has 0 unspecified atom stereocenters. The van der Waals surface area contributed by atoms with E-state index in [1.807, 2.05) is 24.9 Å². The van der Waals surface area contributed by atoms with Crippen molar-refractivity contribution in [2.45, 2.75) is 25.3 Å². The predicted octanol–water partition coefficient (Wildman–Crippen LogP) is 2.19. The van der Waals surface area contributed by atoms with Gasteiger partial charge in [-0.2, -0.15) is 0 Å². The average Bonchev–Trinajstić information content (AvgIpc) is 2.73. The van der Waals surface area contributed by atoms with Gasteiger partial charge in [0.15, 0.2) is 15.7 Å². The smallest absolute Gasteiger partial charge is 0.180 e. The molecule has 0 atom stereocenters. The molecule has 2 aromatic rings. The quantitative estimate of drug-likeness (QED) is 0.866. The Hall–Kier alpha value is -1.47. The number of rotatable bonds is 4. The zero-order valence-corrected chi connectivity index (χ0v) is 13.5. The van der Waals surface area contributed by atoms with Crippen LogP contribution in [0.25, 0.3) is 0 Å². The Balaban J connectivity index is 2.38. The van der Waals surface area contributed by atoms with Crippen LogP contribution in [0.5, 0.6) is 0 Å². The molecule has 5 nitrogen and oxygen atoms in total. The Morgan fingerprint density at radius 1 is 1.30 bits per heavy atom. The van der Waals surface area contributed by atoms with Crippen LogP contribution in [0.15, 0.2) is 23.2 Å². The minimum atomic E-state index is -3.35. The summed E-state index contributed by atoms with van der Waals surface area (Å²) >= 11 is 1.69. The van der Waals surface area contributed by atoms with Crippen LogP contribution in [0.1, 0.15) is 15.6 Å². The summed E-state index contributed by atoms with van der Waals surface area (Å²) in [5.41, 5.74) is 0. The number of hydrogen-bond donors (Lipinski definition) is 0. The Morgan fingerprint density at radius 2 is 2.00 bits per heavy atom. The lowest BCUT2D eigenvalue weighted by molar-refractivity contribution is 0.600. The van der Waals surface area contributed by atoms with E-state index in [2.05, 4.69) is 16.0 Å². The van der Waals surface area contributed by atoms with Crippen LogP contribution >= 0.6 is 11.3 Å². The van der Waals surface area contributed by atoms with Gasteiger partial charge in [0.05, 0.1) is 12.7 Å². The molecule has 0 N–H and O–H groups in total. The van der Waals surface area contributed by atoms with E-state index in [0.29, 0.717) is 18.2 Å². The number of aryl methyl sites for hydroxylation is 2. The zero-order valence-electron chi connectivity index (χ0n) is 11.9. The molecule has 2 aromatic heterocycles. The standard InChI is InChI=1S/C13H17N3O2S2/c1-9-5-6-11(19-9)8-16(3)13-12(20(4,17)18)7-14-10(2)15-13/h5-7H,8H2,1-4H3. The van der Waals surface area contributed by atoms with Crippen molar-refractivity contribution in [2.75, 3.05) is 18.2 Å². The molecule has 0 fully saturated rings. The highest BCUT2D eigenvalue weighted by Gasteiger charge is 2.19. The van der Waals surface area contributed by atoms with Gasteiger partial charge in [0.25, 0.3) is 0 Å². The summed E-state index contributed by atoms with van der Waals surface area (Å²) in [6.45, 7) is 4.42. The van der Waals surface area contributed by atoms with Crippen molar-refractivity contribution in [1.82, 2.24) is 9.97 Å². The molecular weight excluding hydrogens is 294 g/mol. The zero-order chi connectivity index (χ0) is 14.9. The van der Waals surface area contributed by atoms with E-state index in [4.69, 9.17) is 0 Å². The van der Waals surface area contributed by atoms with Crippen LogP contribution in [0, 0.1) is 13.8 Å². The van der Waals surface area contributed by atoms with Crippen molar-refractivity contribution >= 4 is 27.0 Å². The van der Waals surface area contributed by atoms with E-state index in [0.717, 1.165) is 0 Å². The molecule has 0 aliphatic carbocycles. The topological polar surface area (TPSA) is 63.2 Å². The van der Waals surface area contributed by atoms with Gasteiger partial charge >= 0.3 is 0 Å². The fourth-order valence-corrected chi connectivity index (χ4v) is 3.58. The first-order chi connectivity index (χ1) is 9.27. The summed E-state index contributed by atoms with van der Waals surface area (Å²) < 4.78 is 23.6. The summed E-state index contributed by atoms with van der Waals surface area (Å²) in [4.78, 5) is 12.7. The number of aromatic nitrogens is 2. The molecule has 108 valence electrons. The maximum absolute atomic E-state index is 11.8. The molecule has 20 heavy (non-hydrogen) atoms. The first-order valence-corrected chi connectivity index (χ1v) is 8.78. The maximum atomic E-state index is 11.8. The minimum absolute atomic E-state index is 0.166. The Morgan fingerprint density at radius 3 is 2.55 bits per heavy atom. The van der Waals surface area contributed by atoms with Gasteiger partial charge in [-0.3, -0.25) is 0 Å². The van der Waals surface area contributed by atoms with Crippen molar-refractivity contribution < 1.29 is 8.42 Å². The Kier molecular flexibility index (Phi) is 4.10. The minimum Gasteiger partial charge on any atom is -0.353 e. The molecule has 0 aromatic carbocycles. The van der Waals surface area contributed by atoms with E-state index in [-0.39, 0.29) is 4.90 Å². The van der Waals surface area contributed by atoms with Crippen LogP contribution in [0.4, 0.5) is 5.82 Å². The summed E-state index contributed by atoms with van der Waals surface area (Å²) in [6.07, 6.45) is 2.55. The normalized spacial score (nSPS) is 11.6. The molecule has 7 heteroatoms. The molecule has 0 aliphatic rings. The van der Waals surface area contributed by atoms with Gasteiger partial charge in [-0.1, -0.05) is 0 Å². The van der Waals surface area contributed by atoms with Gasteiger partial charge in [0.1, 0.15) is 10.7 Å². The van der Waals surface area contributed by atoms with Crippen molar-refractivity contribution in [3.63, 3.8) is 0 Å². The third kappa shape index (κ3) is 3.34. The molecule has 2 heterocycles. The number of hydrogen-bond acceptors (Lipinski definition) is 6. The lowest BCUT2D eigenvalue weighted by Crippen LogP contribution is -2.20. The van der Waals surface area contributed by atoms with Gasteiger partial charge in [-0.25, -0.2) is 18.4 Å². The number of sulfone groups is 1. The first kappa shape index (κ1) is 14.9. The van der Waals surface area contributed by atoms with E-state index in [9.17, 15) is 8.42 Å². The fourth-order valence-electron chi connectivity index (χ4n) is 1.86. The molecule has 0 saturated carbocycles. The second-order valence-electron chi connectivity index (χ2n) is 4.75. The Labute approximate surface area is 123 Å². The van der Waals surface area contributed by atoms with Gasteiger partial charge < -0.3 is 4.90 Å². The lowest BCUT2D eigenvalue weighted by Gasteiger charge is -2.20. The van der Waals surface area contributed by atoms with Crippen LogP contribution in [-0.2, 0) is 16.4 Å². The van der Waals surface area contributed by atoms with Gasteiger partial charge in [-0.05, 0) is 26.0 Å². The second kappa shape index (κ2) is 5.49. The third-order valence-electron chi connectivity index (χ3n) is 2.81. The highest BCUT2D eigenvalue weighted by atomic mass is 32.2. The van der Waals surface area contributed by atoms with Gasteiger partial charge in [-0.15, -0.1) is 11.3 Å². The van der Waals surface area contributed by atoms with Crippen LogP contribution in [0.3, 0.4) is 0 Å². The molecule has 0 radical (unpaired) electrons. The summed E-state index contributed by atoms with van der Waals surface area (Å²) in [5.74, 6) is 1.01. The lowest BCUT2D eigenvalue weighted by atomic mass is 10.4. The predicted molar refractivity (Wildman–Crippen MR) is 81.0 cm³/mol. The second-order valence-corrected chi connectivity index (χ2v) is 8.10. The van der Waals surface area contributed by atoms with Crippen molar-refractivity contribution in [3.8, 4) is 0 Å². The summed E-state index contributed by atoms with van der Waals surface area (Å²) in [5, 5.41) is 0. The van der Waals surface area contributed by atoms with Crippen molar-refractivity contribution in [3.05, 3.63) is 33.9 Å². The highest BCUT2D eigenvalue weighted by molar-refractivity contribution is 7.90. The van der Waals surface area contributed by atoms with E-state index in [1.54, 1.807) is 18.3 Å². The highest BCUT2D eigenvalue weighted by Crippen LogP contribution is 2.24. The monoisotopic (exact) mass is 311 g/mol. The van der Waals surface area contributed by atoms with Crippen LogP contribution in [-0.4, -0.2) is 31.7 Å². The van der Waals surface area contributed by atoms with Crippen LogP contribution < -0.4 is 4.90 Å². The fraction of sp³-hybridized carbons (Fsp3) is 0.385. The number of nitrogens with zero attached hydrogens (tertiary/aromatic N) is 3. The SMILES string of the molecule is Cc1ncc(S(C)(=O)=O)c(N(C)Cc2ccc(C)s2)n1. The van der Waals surface area contributed by atoms with Gasteiger partial charge in [0.2, 0.25) is 0 Å². The van der Waals surface area contributed by atoms with Crippen LogP contribution in [0.2, 0.25) is 0 Å². The number of anilines is 1. The largest absolute Gasteiger partial charge is 0.353 e. The average molecular weight is 311 g/mol.